The molecule has 9 heteroatoms. The van der Waals surface area contributed by atoms with Crippen molar-refractivity contribution < 1.29 is 14.3 Å². The molecule has 0 aliphatic carbocycles. The van der Waals surface area contributed by atoms with Crippen molar-refractivity contribution in [3.63, 3.8) is 0 Å². The van der Waals surface area contributed by atoms with Crippen LogP contribution < -0.4 is 25.0 Å². The topological polar surface area (TPSA) is 112 Å². The second-order valence-electron chi connectivity index (χ2n) is 7.08. The maximum absolute atomic E-state index is 11.7. The average molecular weight is 430 g/mol. The van der Waals surface area contributed by atoms with Crippen molar-refractivity contribution in [1.29, 1.82) is 5.26 Å². The number of aromatic nitrogens is 2. The van der Waals surface area contributed by atoms with Crippen molar-refractivity contribution in [3.05, 3.63) is 54.2 Å². The number of hydrogen-bond acceptors (Lipinski definition) is 8. The van der Waals surface area contributed by atoms with E-state index >= 15 is 0 Å². The third-order valence-electron chi connectivity index (χ3n) is 5.09. The zero-order valence-electron chi connectivity index (χ0n) is 17.8. The van der Waals surface area contributed by atoms with Crippen LogP contribution in [0.3, 0.4) is 0 Å². The van der Waals surface area contributed by atoms with Gasteiger partial charge >= 0.3 is 0 Å². The molecule has 2 aromatic carbocycles. The van der Waals surface area contributed by atoms with Crippen LogP contribution in [0.15, 0.2) is 48.7 Å². The lowest BCUT2D eigenvalue weighted by molar-refractivity contribution is -0.120. The van der Waals surface area contributed by atoms with Crippen LogP contribution in [0.1, 0.15) is 5.56 Å². The van der Waals surface area contributed by atoms with E-state index in [2.05, 4.69) is 26.7 Å². The number of anilines is 3. The van der Waals surface area contributed by atoms with Crippen molar-refractivity contribution >= 4 is 23.2 Å². The maximum Gasteiger partial charge on any atom is 0.239 e. The third-order valence-corrected chi connectivity index (χ3v) is 5.09. The first-order valence-corrected chi connectivity index (χ1v) is 9.99. The number of rotatable bonds is 6. The van der Waals surface area contributed by atoms with Crippen LogP contribution in [0.25, 0.3) is 11.3 Å². The molecular weight excluding hydrogens is 408 g/mol. The normalized spacial score (nSPS) is 13.2. The fourth-order valence-corrected chi connectivity index (χ4v) is 3.52. The van der Waals surface area contributed by atoms with Crippen LogP contribution in [0, 0.1) is 11.3 Å². The zero-order valence-corrected chi connectivity index (χ0v) is 17.8. The third kappa shape index (κ3) is 4.39. The predicted octanol–water partition coefficient (Wildman–Crippen LogP) is 2.71. The standard InChI is InChI=1S/C23H22N6O3/c1-31-20-6-3-15(11-16(20)13-24)18-7-8-26-23(28-18)27-17-4-5-19(21(12-17)32-2)29-10-9-25-22(30)14-29/h3-8,11-12H,9-10,14H2,1-2H3,(H,25,30)(H,26,27,28). The summed E-state index contributed by atoms with van der Waals surface area (Å²) in [6, 6.07) is 14.9. The highest BCUT2D eigenvalue weighted by atomic mass is 16.5. The summed E-state index contributed by atoms with van der Waals surface area (Å²) in [7, 11) is 3.13. The number of methoxy groups -OCH3 is 2. The highest BCUT2D eigenvalue weighted by Gasteiger charge is 2.20. The van der Waals surface area contributed by atoms with Crippen LogP contribution in [0.5, 0.6) is 11.5 Å². The number of carbonyl (C=O) groups is 1. The molecule has 1 fully saturated rings. The van der Waals surface area contributed by atoms with Crippen LogP contribution in [0.2, 0.25) is 0 Å². The lowest BCUT2D eigenvalue weighted by Gasteiger charge is -2.30. The average Bonchev–Trinajstić information content (AvgIpc) is 2.83. The number of ether oxygens (including phenoxy) is 2. The van der Waals surface area contributed by atoms with Gasteiger partial charge in [0.15, 0.2) is 0 Å². The van der Waals surface area contributed by atoms with Gasteiger partial charge in [0.05, 0.1) is 37.7 Å². The number of amides is 1. The molecule has 0 unspecified atom stereocenters. The Morgan fingerprint density at radius 1 is 1.12 bits per heavy atom. The Morgan fingerprint density at radius 2 is 1.97 bits per heavy atom. The second-order valence-corrected chi connectivity index (χ2v) is 7.08. The first-order valence-electron chi connectivity index (χ1n) is 9.99. The highest BCUT2D eigenvalue weighted by Crippen LogP contribution is 2.32. The van der Waals surface area contributed by atoms with E-state index in [1.165, 1.54) is 7.11 Å². The Hall–Kier alpha value is -4.32. The Bertz CT molecular complexity index is 1190. The lowest BCUT2D eigenvalue weighted by atomic mass is 10.1. The number of carbonyl (C=O) groups excluding carboxylic acids is 1. The maximum atomic E-state index is 11.7. The van der Waals surface area contributed by atoms with Crippen molar-refractivity contribution in [1.82, 2.24) is 15.3 Å². The molecule has 0 spiro atoms. The quantitative estimate of drug-likeness (QED) is 0.614. The van der Waals surface area contributed by atoms with Gasteiger partial charge in [0, 0.05) is 36.6 Å². The van der Waals surface area contributed by atoms with Crippen LogP contribution in [-0.4, -0.2) is 49.7 Å². The molecule has 1 aromatic heterocycles. The van der Waals surface area contributed by atoms with Gasteiger partial charge in [-0.25, -0.2) is 9.97 Å². The number of piperazine rings is 1. The van der Waals surface area contributed by atoms with E-state index in [1.54, 1.807) is 31.5 Å². The fraction of sp³-hybridized carbons (Fsp3) is 0.217. The largest absolute Gasteiger partial charge is 0.495 e. The lowest BCUT2D eigenvalue weighted by Crippen LogP contribution is -2.47. The summed E-state index contributed by atoms with van der Waals surface area (Å²) >= 11 is 0. The number of benzene rings is 2. The Balaban J connectivity index is 1.57. The summed E-state index contributed by atoms with van der Waals surface area (Å²) in [5, 5.41) is 15.3. The minimum absolute atomic E-state index is 0.0104. The minimum atomic E-state index is -0.0104. The van der Waals surface area contributed by atoms with Crippen molar-refractivity contribution in [2.75, 3.05) is 44.1 Å². The van der Waals surface area contributed by atoms with E-state index in [-0.39, 0.29) is 5.91 Å². The summed E-state index contributed by atoms with van der Waals surface area (Å²) in [6.45, 7) is 1.61. The molecule has 0 bridgehead atoms. The van der Waals surface area contributed by atoms with Crippen molar-refractivity contribution in [2.45, 2.75) is 0 Å². The van der Waals surface area contributed by atoms with Crippen molar-refractivity contribution in [3.8, 4) is 28.8 Å². The number of nitrogens with one attached hydrogen (secondary N) is 2. The van der Waals surface area contributed by atoms with E-state index in [4.69, 9.17) is 9.47 Å². The molecular formula is C23H22N6O3. The second kappa shape index (κ2) is 9.22. The summed E-state index contributed by atoms with van der Waals surface area (Å²) in [5.74, 6) is 1.56. The number of nitriles is 1. The van der Waals surface area contributed by atoms with Gasteiger partial charge in [-0.1, -0.05) is 0 Å². The van der Waals surface area contributed by atoms with E-state index in [0.29, 0.717) is 48.3 Å². The molecule has 3 aromatic rings. The van der Waals surface area contributed by atoms with Crippen LogP contribution in [0.4, 0.5) is 17.3 Å². The van der Waals surface area contributed by atoms with Crippen molar-refractivity contribution in [2.24, 2.45) is 0 Å². The van der Waals surface area contributed by atoms with Crippen LogP contribution >= 0.6 is 0 Å². The zero-order chi connectivity index (χ0) is 22.5. The monoisotopic (exact) mass is 430 g/mol. The molecule has 32 heavy (non-hydrogen) atoms. The molecule has 2 heterocycles. The number of nitrogens with zero attached hydrogens (tertiary/aromatic N) is 4. The summed E-state index contributed by atoms with van der Waals surface area (Å²) in [4.78, 5) is 22.6. The molecule has 1 aliphatic rings. The van der Waals surface area contributed by atoms with E-state index in [1.807, 2.05) is 29.2 Å². The Kier molecular flexibility index (Phi) is 6.03. The summed E-state index contributed by atoms with van der Waals surface area (Å²) in [6.07, 6.45) is 1.65. The number of hydrogen-bond donors (Lipinski definition) is 2. The SMILES string of the molecule is COc1ccc(-c2ccnc(Nc3ccc(N4CCNC(=O)C4)c(OC)c3)n2)cc1C#N. The summed E-state index contributed by atoms with van der Waals surface area (Å²) < 4.78 is 10.8. The first-order chi connectivity index (χ1) is 15.6. The molecule has 1 amide bonds. The predicted molar refractivity (Wildman–Crippen MR) is 120 cm³/mol. The van der Waals surface area contributed by atoms with Gasteiger partial charge in [-0.2, -0.15) is 5.26 Å². The fourth-order valence-electron chi connectivity index (χ4n) is 3.52. The molecule has 0 saturated carbocycles. The Labute approximate surface area is 185 Å². The first kappa shape index (κ1) is 20.9. The minimum Gasteiger partial charge on any atom is -0.495 e. The molecule has 0 atom stereocenters. The molecule has 0 radical (unpaired) electrons. The van der Waals surface area contributed by atoms with Gasteiger partial charge in [0.2, 0.25) is 11.9 Å². The Morgan fingerprint density at radius 3 is 2.72 bits per heavy atom. The smallest absolute Gasteiger partial charge is 0.239 e. The van der Waals surface area contributed by atoms with Gasteiger partial charge < -0.3 is 25.0 Å². The molecule has 4 rings (SSSR count). The molecule has 162 valence electrons. The molecule has 1 aliphatic heterocycles. The van der Waals surface area contributed by atoms with Crippen LogP contribution in [-0.2, 0) is 4.79 Å². The van der Waals surface area contributed by atoms with Gasteiger partial charge in [-0.05, 0) is 36.4 Å². The molecule has 9 nitrogen and oxygen atoms in total. The van der Waals surface area contributed by atoms with E-state index in [9.17, 15) is 10.1 Å². The van der Waals surface area contributed by atoms with Gasteiger partial charge in [0.1, 0.15) is 17.6 Å². The summed E-state index contributed by atoms with van der Waals surface area (Å²) in [5.41, 5.74) is 3.49. The van der Waals surface area contributed by atoms with Gasteiger partial charge in [0.25, 0.3) is 0 Å². The van der Waals surface area contributed by atoms with Gasteiger partial charge in [-0.3, -0.25) is 4.79 Å². The van der Waals surface area contributed by atoms with E-state index < -0.39 is 0 Å². The molecule has 2 N–H and O–H groups in total. The highest BCUT2D eigenvalue weighted by molar-refractivity contribution is 5.83. The van der Waals surface area contributed by atoms with Gasteiger partial charge in [-0.15, -0.1) is 0 Å². The molecule has 1 saturated heterocycles. The van der Waals surface area contributed by atoms with E-state index in [0.717, 1.165) is 16.9 Å².